The Labute approximate surface area is 215 Å². The van der Waals surface area contributed by atoms with Crippen molar-refractivity contribution in [2.75, 3.05) is 13.1 Å². The third-order valence-corrected chi connectivity index (χ3v) is 7.12. The molecule has 36 heavy (non-hydrogen) atoms. The lowest BCUT2D eigenvalue weighted by Gasteiger charge is -2.22. The first-order valence-electron chi connectivity index (χ1n) is 13.3. The van der Waals surface area contributed by atoms with Gasteiger partial charge in [0.25, 0.3) is 0 Å². The maximum atomic E-state index is 11.9. The van der Waals surface area contributed by atoms with E-state index in [1.165, 1.54) is 0 Å². The van der Waals surface area contributed by atoms with Gasteiger partial charge in [-0.2, -0.15) is 0 Å². The molecule has 0 aromatic rings. The Hall–Kier alpha value is -1.88. The molecule has 0 aromatic carbocycles. The Morgan fingerprint density at radius 1 is 0.750 bits per heavy atom. The van der Waals surface area contributed by atoms with Gasteiger partial charge < -0.3 is 32.3 Å². The van der Waals surface area contributed by atoms with E-state index >= 15 is 0 Å². The van der Waals surface area contributed by atoms with Crippen molar-refractivity contribution in [2.24, 2.45) is 35.1 Å². The molecule has 0 spiro atoms. The van der Waals surface area contributed by atoms with Crippen molar-refractivity contribution >= 4 is 23.4 Å². The van der Waals surface area contributed by atoms with Crippen LogP contribution in [-0.2, 0) is 19.2 Å². The number of rotatable bonds is 10. The van der Waals surface area contributed by atoms with Gasteiger partial charge in [0.2, 0.25) is 11.8 Å². The predicted octanol–water partition coefficient (Wildman–Crippen LogP) is 0.412. The summed E-state index contributed by atoms with van der Waals surface area (Å²) in [6.07, 6.45) is 3.03. The SMILES string of the molecule is CC(C)[C@H](N)[C@@H](O)C(=O)C[C@H]1CCCCNC1=O.CC(C)[C@H](N)[C@H](O)C(=O)C[C@H]1CCCCNC1=O. The predicted molar refractivity (Wildman–Crippen MR) is 138 cm³/mol. The van der Waals surface area contributed by atoms with Crippen LogP contribution in [0.1, 0.15) is 79.1 Å². The Bertz CT molecular complexity index is 669. The van der Waals surface area contributed by atoms with Crippen molar-refractivity contribution in [2.45, 2.75) is 103 Å². The summed E-state index contributed by atoms with van der Waals surface area (Å²) >= 11 is 0. The molecule has 2 aliphatic rings. The molecule has 0 bridgehead atoms. The van der Waals surface area contributed by atoms with Crippen LogP contribution in [0.15, 0.2) is 0 Å². The molecule has 0 saturated carbocycles. The lowest BCUT2D eigenvalue weighted by molar-refractivity contribution is -0.134. The number of amides is 2. The van der Waals surface area contributed by atoms with E-state index in [1.807, 2.05) is 27.7 Å². The van der Waals surface area contributed by atoms with Gasteiger partial charge in [0, 0.05) is 49.9 Å². The van der Waals surface area contributed by atoms with Gasteiger partial charge in [-0.15, -0.1) is 0 Å². The molecule has 0 aromatic heterocycles. The summed E-state index contributed by atoms with van der Waals surface area (Å²) in [6.45, 7) is 8.80. The van der Waals surface area contributed by atoms with Gasteiger partial charge >= 0.3 is 0 Å². The average molecular weight is 513 g/mol. The lowest BCUT2D eigenvalue weighted by Crippen LogP contribution is -2.45. The number of hydrogen-bond acceptors (Lipinski definition) is 8. The van der Waals surface area contributed by atoms with Crippen LogP contribution >= 0.6 is 0 Å². The van der Waals surface area contributed by atoms with Crippen LogP contribution in [0.25, 0.3) is 0 Å². The second-order valence-electron chi connectivity index (χ2n) is 10.8. The molecule has 2 rings (SSSR count). The summed E-state index contributed by atoms with van der Waals surface area (Å²) < 4.78 is 0. The number of aliphatic hydroxyl groups is 2. The number of hydrogen-bond donors (Lipinski definition) is 6. The van der Waals surface area contributed by atoms with E-state index < -0.39 is 24.3 Å². The minimum atomic E-state index is -1.17. The fraction of sp³-hybridized carbons (Fsp3) is 0.846. The molecule has 2 amide bonds. The molecule has 2 heterocycles. The van der Waals surface area contributed by atoms with Gasteiger partial charge in [0.15, 0.2) is 11.6 Å². The van der Waals surface area contributed by atoms with Crippen molar-refractivity contribution in [3.8, 4) is 0 Å². The Balaban J connectivity index is 0.000000360. The summed E-state index contributed by atoms with van der Waals surface area (Å²) in [6, 6.07) is -1.13. The molecule has 0 aliphatic carbocycles. The van der Waals surface area contributed by atoms with Gasteiger partial charge in [-0.25, -0.2) is 0 Å². The Morgan fingerprint density at radius 2 is 1.08 bits per heavy atom. The van der Waals surface area contributed by atoms with Gasteiger partial charge in [-0.3, -0.25) is 19.2 Å². The molecule has 0 unspecified atom stereocenters. The van der Waals surface area contributed by atoms with Crippen LogP contribution < -0.4 is 22.1 Å². The van der Waals surface area contributed by atoms with E-state index in [0.29, 0.717) is 25.9 Å². The number of ketones is 2. The molecule has 8 N–H and O–H groups in total. The molecule has 2 aliphatic heterocycles. The zero-order chi connectivity index (χ0) is 27.4. The standard InChI is InChI=1S/2C13H24N2O3/c2*1-8(2)11(14)12(17)10(16)7-9-5-3-4-6-15-13(9)18/h2*8-9,11-12,17H,3-7,14H2,1-2H3,(H,15,18)/t9-,11+,12+;9-,11+,12-/m11/s1. The minimum Gasteiger partial charge on any atom is -0.384 e. The van der Waals surface area contributed by atoms with Crippen LogP contribution in [0, 0.1) is 23.7 Å². The molecule has 2 saturated heterocycles. The van der Waals surface area contributed by atoms with E-state index in [4.69, 9.17) is 11.5 Å². The normalized spacial score (nSPS) is 24.3. The van der Waals surface area contributed by atoms with Crippen LogP contribution in [0.5, 0.6) is 0 Å². The van der Waals surface area contributed by atoms with Gasteiger partial charge in [-0.05, 0) is 37.5 Å². The average Bonchev–Trinajstić information content (AvgIpc) is 3.16. The summed E-state index contributed by atoms with van der Waals surface area (Å²) in [4.78, 5) is 47.2. The Kier molecular flexibility index (Phi) is 14.3. The summed E-state index contributed by atoms with van der Waals surface area (Å²) in [5, 5.41) is 25.2. The summed E-state index contributed by atoms with van der Waals surface area (Å²) in [5.74, 6) is -1.35. The highest BCUT2D eigenvalue weighted by Gasteiger charge is 2.31. The number of aliphatic hydroxyl groups excluding tert-OH is 2. The first kappa shape index (κ1) is 32.1. The Morgan fingerprint density at radius 3 is 1.39 bits per heavy atom. The molecule has 2 fully saturated rings. The molecule has 10 heteroatoms. The smallest absolute Gasteiger partial charge is 0.223 e. The molecule has 6 atom stereocenters. The summed E-state index contributed by atoms with van der Waals surface area (Å²) in [5.41, 5.74) is 11.5. The van der Waals surface area contributed by atoms with Crippen molar-refractivity contribution in [1.29, 1.82) is 0 Å². The minimum absolute atomic E-state index is 0.0342. The van der Waals surface area contributed by atoms with E-state index in [1.54, 1.807) is 0 Å². The highest BCUT2D eigenvalue weighted by atomic mass is 16.3. The number of nitrogens with one attached hydrogen (secondary N) is 2. The third kappa shape index (κ3) is 10.6. The summed E-state index contributed by atoms with van der Waals surface area (Å²) in [7, 11) is 0. The van der Waals surface area contributed by atoms with Gasteiger partial charge in [-0.1, -0.05) is 40.5 Å². The topological polar surface area (TPSA) is 185 Å². The van der Waals surface area contributed by atoms with E-state index in [2.05, 4.69) is 10.6 Å². The fourth-order valence-electron chi connectivity index (χ4n) is 4.28. The van der Waals surface area contributed by atoms with Crippen molar-refractivity contribution in [3.05, 3.63) is 0 Å². The van der Waals surface area contributed by atoms with E-state index in [0.717, 1.165) is 25.7 Å². The first-order valence-corrected chi connectivity index (χ1v) is 13.3. The second-order valence-corrected chi connectivity index (χ2v) is 10.8. The second kappa shape index (κ2) is 16.1. The molecule has 208 valence electrons. The highest BCUT2D eigenvalue weighted by Crippen LogP contribution is 2.20. The lowest BCUT2D eigenvalue weighted by atomic mass is 9.90. The number of nitrogens with two attached hydrogens (primary N) is 2. The molecule has 0 radical (unpaired) electrons. The zero-order valence-corrected chi connectivity index (χ0v) is 22.4. The van der Waals surface area contributed by atoms with Gasteiger partial charge in [0.1, 0.15) is 12.2 Å². The third-order valence-electron chi connectivity index (χ3n) is 7.12. The van der Waals surface area contributed by atoms with Crippen LogP contribution in [0.4, 0.5) is 0 Å². The highest BCUT2D eigenvalue weighted by molar-refractivity contribution is 5.90. The van der Waals surface area contributed by atoms with E-state index in [9.17, 15) is 29.4 Å². The molecular weight excluding hydrogens is 464 g/mol. The monoisotopic (exact) mass is 512 g/mol. The van der Waals surface area contributed by atoms with Gasteiger partial charge in [0.05, 0.1) is 0 Å². The first-order chi connectivity index (χ1) is 16.9. The van der Waals surface area contributed by atoms with Crippen LogP contribution in [0.3, 0.4) is 0 Å². The zero-order valence-electron chi connectivity index (χ0n) is 22.4. The molecule has 10 nitrogen and oxygen atoms in total. The maximum absolute atomic E-state index is 11.9. The quantitative estimate of drug-likeness (QED) is 0.243. The largest absolute Gasteiger partial charge is 0.384 e. The number of carbonyl (C=O) groups excluding carboxylic acids is 4. The number of carbonyl (C=O) groups is 4. The molecular formula is C26H48N4O6. The van der Waals surface area contributed by atoms with Crippen LogP contribution in [-0.4, -0.2) is 71.0 Å². The van der Waals surface area contributed by atoms with Crippen molar-refractivity contribution < 1.29 is 29.4 Å². The maximum Gasteiger partial charge on any atom is 0.223 e. The van der Waals surface area contributed by atoms with E-state index in [-0.39, 0.29) is 59.9 Å². The van der Waals surface area contributed by atoms with Crippen molar-refractivity contribution in [3.63, 3.8) is 0 Å². The fourth-order valence-corrected chi connectivity index (χ4v) is 4.28. The van der Waals surface area contributed by atoms with Crippen molar-refractivity contribution in [1.82, 2.24) is 10.6 Å². The number of Topliss-reactive ketones (excluding diaryl/α,β-unsaturated/α-hetero) is 2. The van der Waals surface area contributed by atoms with Crippen LogP contribution in [0.2, 0.25) is 0 Å².